The number of hydrogen-bond donors (Lipinski definition) is 3. The minimum Gasteiger partial charge on any atom is -0.354 e. The lowest BCUT2D eigenvalue weighted by Gasteiger charge is -2.18. The molecule has 0 unspecified atom stereocenters. The molecule has 1 amide bonds. The lowest BCUT2D eigenvalue weighted by Crippen LogP contribution is -2.41. The number of nitrogens with one attached hydrogen (secondary N) is 3. The van der Waals surface area contributed by atoms with Crippen molar-refractivity contribution in [3.05, 3.63) is 0 Å². The van der Waals surface area contributed by atoms with Gasteiger partial charge in [-0.15, -0.1) is 0 Å². The third kappa shape index (κ3) is 11.8. The van der Waals surface area contributed by atoms with Crippen LogP contribution in [0.25, 0.3) is 0 Å². The molecule has 0 aliphatic rings. The van der Waals surface area contributed by atoms with Crippen molar-refractivity contribution in [1.82, 2.24) is 20.9 Å². The van der Waals surface area contributed by atoms with Gasteiger partial charge in [-0.2, -0.15) is 0 Å². The molecule has 0 aliphatic heterocycles. The molecule has 0 aromatic rings. The van der Waals surface area contributed by atoms with Crippen molar-refractivity contribution in [3.8, 4) is 0 Å². The Morgan fingerprint density at radius 3 is 2.11 bits per heavy atom. The average molecular weight is 258 g/mol. The molecule has 0 saturated heterocycles. The summed E-state index contributed by atoms with van der Waals surface area (Å²) >= 11 is 0. The van der Waals surface area contributed by atoms with Gasteiger partial charge in [-0.3, -0.25) is 4.79 Å². The summed E-state index contributed by atoms with van der Waals surface area (Å²) in [6, 6.07) is 0.876. The molecule has 0 fully saturated rings. The normalized spacial score (nSPS) is 11.6. The fourth-order valence-corrected chi connectivity index (χ4v) is 1.40. The van der Waals surface area contributed by atoms with Gasteiger partial charge >= 0.3 is 0 Å². The van der Waals surface area contributed by atoms with E-state index in [-0.39, 0.29) is 5.91 Å². The Morgan fingerprint density at radius 2 is 1.56 bits per heavy atom. The van der Waals surface area contributed by atoms with E-state index >= 15 is 0 Å². The van der Waals surface area contributed by atoms with Crippen LogP contribution < -0.4 is 16.0 Å². The summed E-state index contributed by atoms with van der Waals surface area (Å²) in [5.41, 5.74) is 0. The van der Waals surface area contributed by atoms with E-state index in [1.54, 1.807) is 0 Å². The molecule has 18 heavy (non-hydrogen) atoms. The van der Waals surface area contributed by atoms with E-state index in [1.807, 2.05) is 13.8 Å². The van der Waals surface area contributed by atoms with Crippen molar-refractivity contribution in [2.45, 2.75) is 39.8 Å². The minimum absolute atomic E-state index is 0.0670. The highest BCUT2D eigenvalue weighted by atomic mass is 16.1. The van der Waals surface area contributed by atoms with Crippen molar-refractivity contribution in [1.29, 1.82) is 0 Å². The Hall–Kier alpha value is -0.650. The van der Waals surface area contributed by atoms with E-state index in [0.717, 1.165) is 19.6 Å². The van der Waals surface area contributed by atoms with Gasteiger partial charge in [-0.25, -0.2) is 0 Å². The quantitative estimate of drug-likeness (QED) is 0.517. The predicted molar refractivity (Wildman–Crippen MR) is 76.8 cm³/mol. The summed E-state index contributed by atoms with van der Waals surface area (Å²) < 4.78 is 0. The molecule has 5 heteroatoms. The van der Waals surface area contributed by atoms with Gasteiger partial charge < -0.3 is 20.9 Å². The van der Waals surface area contributed by atoms with Gasteiger partial charge in [0, 0.05) is 38.3 Å². The van der Waals surface area contributed by atoms with Crippen molar-refractivity contribution in [2.24, 2.45) is 0 Å². The van der Waals surface area contributed by atoms with Crippen LogP contribution in [-0.2, 0) is 4.79 Å². The monoisotopic (exact) mass is 258 g/mol. The molecule has 0 aliphatic carbocycles. The van der Waals surface area contributed by atoms with E-state index < -0.39 is 0 Å². The van der Waals surface area contributed by atoms with Gasteiger partial charge in [0.2, 0.25) is 5.91 Å². The van der Waals surface area contributed by atoms with E-state index in [9.17, 15) is 4.79 Å². The van der Waals surface area contributed by atoms with Crippen LogP contribution in [0, 0.1) is 0 Å². The number of likely N-dealkylation sites (N-methyl/N-ethyl adjacent to an activating group) is 1. The molecular weight excluding hydrogens is 228 g/mol. The first-order valence-corrected chi connectivity index (χ1v) is 6.83. The molecular formula is C13H30N4O. The SMILES string of the molecule is CC(C)NCCN(C)CCNC(=O)CNC(C)C. The van der Waals surface area contributed by atoms with E-state index in [0.29, 0.717) is 25.2 Å². The maximum atomic E-state index is 11.4. The fraction of sp³-hybridized carbons (Fsp3) is 0.923. The third-order valence-corrected chi connectivity index (χ3v) is 2.53. The molecule has 0 bridgehead atoms. The topological polar surface area (TPSA) is 56.4 Å². The average Bonchev–Trinajstić information content (AvgIpc) is 2.25. The van der Waals surface area contributed by atoms with Crippen LogP contribution in [-0.4, -0.2) is 62.7 Å². The first-order chi connectivity index (χ1) is 8.41. The molecule has 108 valence electrons. The number of carbonyl (C=O) groups is 1. The Morgan fingerprint density at radius 1 is 1.00 bits per heavy atom. The predicted octanol–water partition coefficient (Wildman–Crippen LogP) is 0.0304. The molecule has 0 aromatic carbocycles. The van der Waals surface area contributed by atoms with Crippen LogP contribution in [0.1, 0.15) is 27.7 Å². The van der Waals surface area contributed by atoms with Crippen molar-refractivity contribution >= 4 is 5.91 Å². The third-order valence-electron chi connectivity index (χ3n) is 2.53. The van der Waals surface area contributed by atoms with Gasteiger partial charge in [-0.1, -0.05) is 27.7 Å². The highest BCUT2D eigenvalue weighted by Gasteiger charge is 2.03. The Balaban J connectivity index is 3.44. The lowest BCUT2D eigenvalue weighted by molar-refractivity contribution is -0.120. The first-order valence-electron chi connectivity index (χ1n) is 6.83. The lowest BCUT2D eigenvalue weighted by atomic mass is 10.4. The summed E-state index contributed by atoms with van der Waals surface area (Å²) in [4.78, 5) is 13.6. The summed E-state index contributed by atoms with van der Waals surface area (Å²) in [5.74, 6) is 0.0670. The van der Waals surface area contributed by atoms with Crippen LogP contribution in [0.2, 0.25) is 0 Å². The van der Waals surface area contributed by atoms with E-state index in [2.05, 4.69) is 41.7 Å². The van der Waals surface area contributed by atoms with Crippen molar-refractivity contribution in [3.63, 3.8) is 0 Å². The molecule has 0 aromatic heterocycles. The van der Waals surface area contributed by atoms with Gasteiger partial charge in [0.15, 0.2) is 0 Å². The second-order valence-corrected chi connectivity index (χ2v) is 5.30. The standard InChI is InChI=1S/C13H30N4O/c1-11(2)14-6-8-17(5)9-7-15-13(18)10-16-12(3)4/h11-12,14,16H,6-10H2,1-5H3,(H,15,18). The first kappa shape index (κ1) is 17.4. The highest BCUT2D eigenvalue weighted by Crippen LogP contribution is 1.82. The van der Waals surface area contributed by atoms with Crippen molar-refractivity contribution < 1.29 is 4.79 Å². The van der Waals surface area contributed by atoms with Crippen LogP contribution >= 0.6 is 0 Å². The molecule has 0 heterocycles. The van der Waals surface area contributed by atoms with E-state index in [1.165, 1.54) is 0 Å². The smallest absolute Gasteiger partial charge is 0.234 e. The zero-order chi connectivity index (χ0) is 14.0. The maximum absolute atomic E-state index is 11.4. The molecule has 0 rings (SSSR count). The maximum Gasteiger partial charge on any atom is 0.234 e. The van der Waals surface area contributed by atoms with Crippen LogP contribution in [0.5, 0.6) is 0 Å². The minimum atomic E-state index is 0.0670. The molecule has 0 saturated carbocycles. The summed E-state index contributed by atoms with van der Waals surface area (Å²) in [5, 5.41) is 9.37. The van der Waals surface area contributed by atoms with Crippen molar-refractivity contribution in [2.75, 3.05) is 39.8 Å². The van der Waals surface area contributed by atoms with Gasteiger partial charge in [0.25, 0.3) is 0 Å². The number of hydrogen-bond acceptors (Lipinski definition) is 4. The zero-order valence-electron chi connectivity index (χ0n) is 12.5. The Kier molecular flexibility index (Phi) is 9.92. The number of amides is 1. The summed E-state index contributed by atoms with van der Waals surface area (Å²) in [6.07, 6.45) is 0. The van der Waals surface area contributed by atoms with E-state index in [4.69, 9.17) is 0 Å². The van der Waals surface area contributed by atoms with Crippen LogP contribution in [0.3, 0.4) is 0 Å². The number of rotatable bonds is 10. The second-order valence-electron chi connectivity index (χ2n) is 5.30. The van der Waals surface area contributed by atoms with Gasteiger partial charge in [-0.05, 0) is 7.05 Å². The Bertz CT molecular complexity index is 219. The number of carbonyl (C=O) groups excluding carboxylic acids is 1. The van der Waals surface area contributed by atoms with Gasteiger partial charge in [0.1, 0.15) is 0 Å². The molecule has 0 atom stereocenters. The second kappa shape index (κ2) is 10.3. The molecule has 3 N–H and O–H groups in total. The Labute approximate surface area is 112 Å². The van der Waals surface area contributed by atoms with Crippen LogP contribution in [0.4, 0.5) is 0 Å². The van der Waals surface area contributed by atoms with Crippen LogP contribution in [0.15, 0.2) is 0 Å². The van der Waals surface area contributed by atoms with Gasteiger partial charge in [0.05, 0.1) is 6.54 Å². The molecule has 0 spiro atoms. The summed E-state index contributed by atoms with van der Waals surface area (Å²) in [6.45, 7) is 12.3. The fourth-order valence-electron chi connectivity index (χ4n) is 1.40. The number of nitrogens with zero attached hydrogens (tertiary/aromatic N) is 1. The largest absolute Gasteiger partial charge is 0.354 e. The molecule has 5 nitrogen and oxygen atoms in total. The summed E-state index contributed by atoms with van der Waals surface area (Å²) in [7, 11) is 2.07. The zero-order valence-corrected chi connectivity index (χ0v) is 12.5. The molecule has 0 radical (unpaired) electrons. The highest BCUT2D eigenvalue weighted by molar-refractivity contribution is 5.77.